The van der Waals surface area contributed by atoms with E-state index in [4.69, 9.17) is 27.9 Å². The summed E-state index contributed by atoms with van der Waals surface area (Å²) in [4.78, 5) is 0. The maximum Gasteiger partial charge on any atom is 0.139 e. The van der Waals surface area contributed by atoms with Crippen molar-refractivity contribution in [2.75, 3.05) is 13.2 Å². The Kier molecular flexibility index (Phi) is 6.71. The van der Waals surface area contributed by atoms with Crippen molar-refractivity contribution in [2.45, 2.75) is 32.7 Å². The molecule has 96 valence electrons. The summed E-state index contributed by atoms with van der Waals surface area (Å²) in [5.41, 5.74) is 0. The number of hydrogen-bond donors (Lipinski definition) is 1. The molecular formula is C13H20Cl2NO+. The predicted octanol–water partition coefficient (Wildman–Crippen LogP) is 3.12. The Labute approximate surface area is 113 Å². The van der Waals surface area contributed by atoms with E-state index in [-0.39, 0.29) is 0 Å². The summed E-state index contributed by atoms with van der Waals surface area (Å²) in [5, 5.41) is 3.60. The van der Waals surface area contributed by atoms with Gasteiger partial charge in [-0.05, 0) is 25.5 Å². The van der Waals surface area contributed by atoms with Crippen LogP contribution in [0.5, 0.6) is 5.75 Å². The van der Waals surface area contributed by atoms with E-state index in [0.717, 1.165) is 13.0 Å². The summed E-state index contributed by atoms with van der Waals surface area (Å²) in [6, 6.07) is 5.95. The first-order valence-corrected chi connectivity index (χ1v) is 6.80. The molecular weight excluding hydrogens is 257 g/mol. The van der Waals surface area contributed by atoms with E-state index in [9.17, 15) is 0 Å². The van der Waals surface area contributed by atoms with Gasteiger partial charge in [0.25, 0.3) is 0 Å². The fourth-order valence-corrected chi connectivity index (χ4v) is 1.76. The quantitative estimate of drug-likeness (QED) is 0.761. The molecule has 0 aliphatic heterocycles. The summed E-state index contributed by atoms with van der Waals surface area (Å²) in [6.45, 7) is 6.18. The highest BCUT2D eigenvalue weighted by Crippen LogP contribution is 2.27. The van der Waals surface area contributed by atoms with Crippen LogP contribution >= 0.6 is 23.2 Å². The molecule has 0 fully saturated rings. The normalized spacial score (nSPS) is 12.5. The zero-order valence-corrected chi connectivity index (χ0v) is 11.9. The van der Waals surface area contributed by atoms with E-state index in [2.05, 4.69) is 19.2 Å². The van der Waals surface area contributed by atoms with Crippen LogP contribution < -0.4 is 10.1 Å². The van der Waals surface area contributed by atoms with Gasteiger partial charge < -0.3 is 10.1 Å². The van der Waals surface area contributed by atoms with Gasteiger partial charge in [0.15, 0.2) is 0 Å². The highest BCUT2D eigenvalue weighted by molar-refractivity contribution is 6.34. The summed E-state index contributed by atoms with van der Waals surface area (Å²) in [7, 11) is 0. The summed E-state index contributed by atoms with van der Waals surface area (Å²) >= 11 is 11.9. The molecule has 0 amide bonds. The number of rotatable bonds is 7. The van der Waals surface area contributed by atoms with Gasteiger partial charge in [-0.3, -0.25) is 0 Å². The number of nitrogens with two attached hydrogens (primary N) is 1. The lowest BCUT2D eigenvalue weighted by molar-refractivity contribution is -0.686. The van der Waals surface area contributed by atoms with Crippen LogP contribution in [0.1, 0.15) is 26.7 Å². The van der Waals surface area contributed by atoms with Gasteiger partial charge in [0.1, 0.15) is 5.75 Å². The van der Waals surface area contributed by atoms with Crippen molar-refractivity contribution in [1.82, 2.24) is 0 Å². The Morgan fingerprint density at radius 2 is 2.12 bits per heavy atom. The van der Waals surface area contributed by atoms with Gasteiger partial charge >= 0.3 is 0 Å². The Bertz CT molecular complexity index is 344. The van der Waals surface area contributed by atoms with Crippen LogP contribution in [0.3, 0.4) is 0 Å². The number of hydrogen-bond acceptors (Lipinski definition) is 1. The van der Waals surface area contributed by atoms with E-state index >= 15 is 0 Å². The smallest absolute Gasteiger partial charge is 0.139 e. The second-order valence-corrected chi connectivity index (χ2v) is 5.03. The minimum Gasteiger partial charge on any atom is -0.492 e. The zero-order chi connectivity index (χ0) is 12.7. The second kappa shape index (κ2) is 7.80. The zero-order valence-electron chi connectivity index (χ0n) is 10.4. The second-order valence-electron chi connectivity index (χ2n) is 4.19. The number of ether oxygens (including phenoxy) is 1. The molecule has 0 spiro atoms. The maximum absolute atomic E-state index is 5.99. The van der Waals surface area contributed by atoms with E-state index in [1.54, 1.807) is 18.2 Å². The molecule has 1 aromatic rings. The molecule has 2 N–H and O–H groups in total. The Balaban J connectivity index is 2.24. The first kappa shape index (κ1) is 14.6. The highest BCUT2D eigenvalue weighted by Gasteiger charge is 2.03. The van der Waals surface area contributed by atoms with Crippen LogP contribution in [0.15, 0.2) is 18.2 Å². The molecule has 1 atom stereocenters. The molecule has 0 saturated heterocycles. The summed E-state index contributed by atoms with van der Waals surface area (Å²) in [5.74, 6) is 0.669. The Hall–Kier alpha value is -0.440. The third-order valence-corrected chi connectivity index (χ3v) is 3.26. The average molecular weight is 277 g/mol. The van der Waals surface area contributed by atoms with Crippen molar-refractivity contribution in [3.63, 3.8) is 0 Å². The van der Waals surface area contributed by atoms with Crippen LogP contribution in [0, 0.1) is 0 Å². The fourth-order valence-electron chi connectivity index (χ4n) is 1.42. The molecule has 0 aliphatic rings. The van der Waals surface area contributed by atoms with Crippen LogP contribution in [0.2, 0.25) is 10.0 Å². The Morgan fingerprint density at radius 1 is 1.35 bits per heavy atom. The van der Waals surface area contributed by atoms with Gasteiger partial charge in [-0.1, -0.05) is 30.1 Å². The molecule has 4 heteroatoms. The molecule has 1 rings (SSSR count). The van der Waals surface area contributed by atoms with Gasteiger partial charge in [0.2, 0.25) is 0 Å². The topological polar surface area (TPSA) is 25.8 Å². The van der Waals surface area contributed by atoms with Gasteiger partial charge in [0, 0.05) is 17.5 Å². The highest BCUT2D eigenvalue weighted by atomic mass is 35.5. The van der Waals surface area contributed by atoms with E-state index in [1.165, 1.54) is 6.42 Å². The maximum atomic E-state index is 5.99. The summed E-state index contributed by atoms with van der Waals surface area (Å²) in [6.07, 6.45) is 2.20. The van der Waals surface area contributed by atoms with Gasteiger partial charge in [-0.25, -0.2) is 0 Å². The van der Waals surface area contributed by atoms with Crippen molar-refractivity contribution < 1.29 is 10.1 Å². The molecule has 17 heavy (non-hydrogen) atoms. The van der Waals surface area contributed by atoms with E-state index in [0.29, 0.717) is 28.4 Å². The van der Waals surface area contributed by atoms with Crippen LogP contribution in [-0.4, -0.2) is 19.2 Å². The van der Waals surface area contributed by atoms with Gasteiger partial charge in [-0.15, -0.1) is 0 Å². The summed E-state index contributed by atoms with van der Waals surface area (Å²) < 4.78 is 5.60. The first-order chi connectivity index (χ1) is 8.13. The lowest BCUT2D eigenvalue weighted by atomic mass is 10.2. The SMILES string of the molecule is CC[C@H](C)[NH2+]CCCOc1cc(Cl)ccc1Cl. The van der Waals surface area contributed by atoms with Gasteiger partial charge in [-0.2, -0.15) is 0 Å². The molecule has 0 bridgehead atoms. The van der Waals surface area contributed by atoms with Crippen molar-refractivity contribution >= 4 is 23.2 Å². The third kappa shape index (κ3) is 5.62. The van der Waals surface area contributed by atoms with Crippen LogP contribution in [0.25, 0.3) is 0 Å². The van der Waals surface area contributed by atoms with E-state index in [1.807, 2.05) is 0 Å². The van der Waals surface area contributed by atoms with Gasteiger partial charge in [0.05, 0.1) is 24.2 Å². The molecule has 0 unspecified atom stereocenters. The van der Waals surface area contributed by atoms with E-state index < -0.39 is 0 Å². The lowest BCUT2D eigenvalue weighted by Gasteiger charge is -2.10. The van der Waals surface area contributed by atoms with Crippen LogP contribution in [-0.2, 0) is 0 Å². The average Bonchev–Trinajstić information content (AvgIpc) is 2.32. The molecule has 2 nitrogen and oxygen atoms in total. The predicted molar refractivity (Wildman–Crippen MR) is 73.1 cm³/mol. The Morgan fingerprint density at radius 3 is 2.82 bits per heavy atom. The van der Waals surface area contributed by atoms with Crippen molar-refractivity contribution in [1.29, 1.82) is 0 Å². The number of quaternary nitrogens is 1. The molecule has 0 saturated carbocycles. The fraction of sp³-hybridized carbons (Fsp3) is 0.538. The van der Waals surface area contributed by atoms with Crippen LogP contribution in [0.4, 0.5) is 0 Å². The minimum atomic E-state index is 0.611. The molecule has 0 aliphatic carbocycles. The van der Waals surface area contributed by atoms with Crippen molar-refractivity contribution in [2.24, 2.45) is 0 Å². The third-order valence-electron chi connectivity index (χ3n) is 2.71. The number of benzene rings is 1. The number of halogens is 2. The minimum absolute atomic E-state index is 0.611. The largest absolute Gasteiger partial charge is 0.492 e. The monoisotopic (exact) mass is 276 g/mol. The van der Waals surface area contributed by atoms with Crippen molar-refractivity contribution in [3.05, 3.63) is 28.2 Å². The molecule has 0 heterocycles. The molecule has 1 aromatic carbocycles. The molecule has 0 aromatic heterocycles. The first-order valence-electron chi connectivity index (χ1n) is 6.04. The van der Waals surface area contributed by atoms with Crippen molar-refractivity contribution in [3.8, 4) is 5.75 Å². The lowest BCUT2D eigenvalue weighted by Crippen LogP contribution is -2.89. The molecule has 0 radical (unpaired) electrons. The standard InChI is InChI=1S/C13H19Cl2NO/c1-3-10(2)16-7-4-8-17-13-9-11(14)5-6-12(13)15/h5-6,9-10,16H,3-4,7-8H2,1-2H3/p+1/t10-/m0/s1.